The molecule has 0 heterocycles. The van der Waals surface area contributed by atoms with E-state index < -0.39 is 6.03 Å². The van der Waals surface area contributed by atoms with Crippen molar-refractivity contribution in [3.8, 4) is 0 Å². The van der Waals surface area contributed by atoms with Crippen molar-refractivity contribution in [1.82, 2.24) is 0 Å². The van der Waals surface area contributed by atoms with E-state index in [9.17, 15) is 9.59 Å². The minimum absolute atomic E-state index is 0.202. The topological polar surface area (TPSA) is 84.2 Å². The molecule has 0 aromatic heterocycles. The fraction of sp³-hybridized carbons (Fsp3) is 0.176. The Morgan fingerprint density at radius 3 is 2.09 bits per heavy atom. The van der Waals surface area contributed by atoms with E-state index in [2.05, 4.69) is 24.5 Å². The van der Waals surface area contributed by atoms with Crippen molar-refractivity contribution >= 4 is 23.3 Å². The number of hydrogen-bond donors (Lipinski definition) is 3. The molecule has 0 unspecified atom stereocenters. The molecule has 2 rings (SSSR count). The van der Waals surface area contributed by atoms with E-state index in [4.69, 9.17) is 5.73 Å². The normalized spacial score (nSPS) is 10.3. The fourth-order valence-corrected chi connectivity index (χ4v) is 2.04. The standard InChI is InChI=1S/C17H19N3O2/c1-11(2)12-6-8-13(9-7-12)16(21)19-14-4-3-5-15(10-14)20-17(18)22/h3-11H,1-2H3,(H,19,21)(H3,18,20,22). The lowest BCUT2D eigenvalue weighted by Crippen LogP contribution is -2.19. The highest BCUT2D eigenvalue weighted by atomic mass is 16.2. The summed E-state index contributed by atoms with van der Waals surface area (Å²) in [5, 5.41) is 5.26. The third kappa shape index (κ3) is 4.09. The van der Waals surface area contributed by atoms with Crippen molar-refractivity contribution in [3.63, 3.8) is 0 Å². The summed E-state index contributed by atoms with van der Waals surface area (Å²) < 4.78 is 0. The zero-order valence-corrected chi connectivity index (χ0v) is 12.6. The molecule has 2 aromatic rings. The Morgan fingerprint density at radius 1 is 0.955 bits per heavy atom. The summed E-state index contributed by atoms with van der Waals surface area (Å²) in [6.45, 7) is 4.21. The van der Waals surface area contributed by atoms with Crippen molar-refractivity contribution in [3.05, 3.63) is 59.7 Å². The Hall–Kier alpha value is -2.82. The number of rotatable bonds is 4. The molecule has 4 N–H and O–H groups in total. The maximum Gasteiger partial charge on any atom is 0.316 e. The van der Waals surface area contributed by atoms with Gasteiger partial charge in [-0.3, -0.25) is 4.79 Å². The summed E-state index contributed by atoms with van der Waals surface area (Å²) in [7, 11) is 0. The van der Waals surface area contributed by atoms with Gasteiger partial charge in [0.05, 0.1) is 0 Å². The molecule has 5 heteroatoms. The molecular formula is C17H19N3O2. The van der Waals surface area contributed by atoms with Crippen LogP contribution in [-0.2, 0) is 0 Å². The second-order valence-corrected chi connectivity index (χ2v) is 5.30. The molecule has 5 nitrogen and oxygen atoms in total. The molecule has 0 saturated carbocycles. The molecule has 114 valence electrons. The van der Waals surface area contributed by atoms with E-state index in [1.54, 1.807) is 36.4 Å². The molecule has 0 saturated heterocycles. The van der Waals surface area contributed by atoms with Crippen LogP contribution in [0.4, 0.5) is 16.2 Å². The summed E-state index contributed by atoms with van der Waals surface area (Å²) in [4.78, 5) is 23.0. The van der Waals surface area contributed by atoms with Gasteiger partial charge >= 0.3 is 6.03 Å². The average molecular weight is 297 g/mol. The molecule has 0 aliphatic heterocycles. The first-order valence-electron chi connectivity index (χ1n) is 7.03. The lowest BCUT2D eigenvalue weighted by Gasteiger charge is -2.09. The zero-order chi connectivity index (χ0) is 16.1. The van der Waals surface area contributed by atoms with Gasteiger partial charge in [0.1, 0.15) is 0 Å². The number of carbonyl (C=O) groups is 2. The molecule has 2 aromatic carbocycles. The monoisotopic (exact) mass is 297 g/mol. The zero-order valence-electron chi connectivity index (χ0n) is 12.6. The largest absolute Gasteiger partial charge is 0.351 e. The highest BCUT2D eigenvalue weighted by Crippen LogP contribution is 2.18. The summed E-state index contributed by atoms with van der Waals surface area (Å²) in [6.07, 6.45) is 0. The van der Waals surface area contributed by atoms with Crippen LogP contribution in [0.15, 0.2) is 48.5 Å². The van der Waals surface area contributed by atoms with Crippen LogP contribution in [0.5, 0.6) is 0 Å². The fourth-order valence-electron chi connectivity index (χ4n) is 2.04. The number of nitrogens with one attached hydrogen (secondary N) is 2. The second kappa shape index (κ2) is 6.76. The van der Waals surface area contributed by atoms with Gasteiger partial charge in [0.2, 0.25) is 0 Å². The number of hydrogen-bond acceptors (Lipinski definition) is 2. The predicted molar refractivity (Wildman–Crippen MR) is 88.1 cm³/mol. The first kappa shape index (κ1) is 15.6. The maximum atomic E-state index is 12.2. The lowest BCUT2D eigenvalue weighted by atomic mass is 10.0. The Morgan fingerprint density at radius 2 is 1.55 bits per heavy atom. The van der Waals surface area contributed by atoms with Gasteiger partial charge < -0.3 is 16.4 Å². The average Bonchev–Trinajstić information content (AvgIpc) is 2.47. The quantitative estimate of drug-likeness (QED) is 0.806. The minimum atomic E-state index is -0.646. The molecule has 0 aliphatic carbocycles. The number of urea groups is 1. The van der Waals surface area contributed by atoms with Gasteiger partial charge in [-0.25, -0.2) is 4.79 Å². The van der Waals surface area contributed by atoms with Crippen molar-refractivity contribution < 1.29 is 9.59 Å². The minimum Gasteiger partial charge on any atom is -0.351 e. The van der Waals surface area contributed by atoms with Crippen molar-refractivity contribution in [2.24, 2.45) is 5.73 Å². The van der Waals surface area contributed by atoms with E-state index in [0.29, 0.717) is 22.9 Å². The van der Waals surface area contributed by atoms with Gasteiger partial charge in [-0.2, -0.15) is 0 Å². The lowest BCUT2D eigenvalue weighted by molar-refractivity contribution is 0.102. The molecule has 3 amide bonds. The molecule has 0 spiro atoms. The number of benzene rings is 2. The molecule has 0 radical (unpaired) electrons. The summed E-state index contributed by atoms with van der Waals surface area (Å²) >= 11 is 0. The first-order chi connectivity index (χ1) is 10.5. The SMILES string of the molecule is CC(C)c1ccc(C(=O)Nc2cccc(NC(N)=O)c2)cc1. The molecular weight excluding hydrogens is 278 g/mol. The van der Waals surface area contributed by atoms with Crippen LogP contribution in [0.25, 0.3) is 0 Å². The van der Waals surface area contributed by atoms with Gasteiger partial charge in [0.25, 0.3) is 5.91 Å². The van der Waals surface area contributed by atoms with Crippen LogP contribution < -0.4 is 16.4 Å². The van der Waals surface area contributed by atoms with Crippen LogP contribution in [0.2, 0.25) is 0 Å². The third-order valence-corrected chi connectivity index (χ3v) is 3.23. The second-order valence-electron chi connectivity index (χ2n) is 5.30. The highest BCUT2D eigenvalue weighted by molar-refractivity contribution is 6.04. The molecule has 0 atom stereocenters. The molecule has 0 aliphatic rings. The van der Waals surface area contributed by atoms with Gasteiger partial charge in [-0.05, 0) is 41.8 Å². The Kier molecular flexibility index (Phi) is 4.78. The van der Waals surface area contributed by atoms with Crippen LogP contribution in [0.3, 0.4) is 0 Å². The van der Waals surface area contributed by atoms with Gasteiger partial charge in [0.15, 0.2) is 0 Å². The number of primary amides is 1. The molecule has 0 fully saturated rings. The van der Waals surface area contributed by atoms with Gasteiger partial charge in [-0.15, -0.1) is 0 Å². The van der Waals surface area contributed by atoms with E-state index >= 15 is 0 Å². The van der Waals surface area contributed by atoms with Gasteiger partial charge in [0, 0.05) is 16.9 Å². The Labute approximate surface area is 129 Å². The van der Waals surface area contributed by atoms with E-state index in [1.807, 2.05) is 12.1 Å². The summed E-state index contributed by atoms with van der Waals surface area (Å²) in [6, 6.07) is 13.7. The van der Waals surface area contributed by atoms with E-state index in [1.165, 1.54) is 5.56 Å². The van der Waals surface area contributed by atoms with Crippen LogP contribution in [-0.4, -0.2) is 11.9 Å². The summed E-state index contributed by atoms with van der Waals surface area (Å²) in [5.41, 5.74) is 7.95. The first-order valence-corrected chi connectivity index (χ1v) is 7.03. The van der Waals surface area contributed by atoms with Crippen LogP contribution in [0.1, 0.15) is 35.7 Å². The molecule has 0 bridgehead atoms. The number of amides is 3. The highest BCUT2D eigenvalue weighted by Gasteiger charge is 2.07. The van der Waals surface area contributed by atoms with Crippen LogP contribution in [0, 0.1) is 0 Å². The number of anilines is 2. The summed E-state index contributed by atoms with van der Waals surface area (Å²) in [5.74, 6) is 0.222. The third-order valence-electron chi connectivity index (χ3n) is 3.23. The van der Waals surface area contributed by atoms with Crippen LogP contribution >= 0.6 is 0 Å². The Balaban J connectivity index is 2.09. The Bertz CT molecular complexity index is 679. The smallest absolute Gasteiger partial charge is 0.316 e. The number of carbonyl (C=O) groups excluding carboxylic acids is 2. The van der Waals surface area contributed by atoms with E-state index in [-0.39, 0.29) is 5.91 Å². The van der Waals surface area contributed by atoms with Crippen molar-refractivity contribution in [2.75, 3.05) is 10.6 Å². The van der Waals surface area contributed by atoms with Gasteiger partial charge in [-0.1, -0.05) is 32.0 Å². The maximum absolute atomic E-state index is 12.2. The van der Waals surface area contributed by atoms with Crippen molar-refractivity contribution in [2.45, 2.75) is 19.8 Å². The number of nitrogens with two attached hydrogens (primary N) is 1. The predicted octanol–water partition coefficient (Wildman–Crippen LogP) is 3.55. The van der Waals surface area contributed by atoms with Crippen molar-refractivity contribution in [1.29, 1.82) is 0 Å². The van der Waals surface area contributed by atoms with E-state index in [0.717, 1.165) is 0 Å². The molecule has 22 heavy (non-hydrogen) atoms.